The van der Waals surface area contributed by atoms with Gasteiger partial charge in [-0.15, -0.1) is 0 Å². The van der Waals surface area contributed by atoms with Crippen molar-refractivity contribution in [2.75, 3.05) is 6.61 Å². The maximum Gasteiger partial charge on any atom is 0.337 e. The lowest BCUT2D eigenvalue weighted by atomic mass is 9.85. The van der Waals surface area contributed by atoms with Crippen molar-refractivity contribution in [2.24, 2.45) is 5.73 Å². The molecule has 2 aromatic carbocycles. The van der Waals surface area contributed by atoms with Gasteiger partial charge in [0.2, 0.25) is 0 Å². The van der Waals surface area contributed by atoms with Crippen molar-refractivity contribution in [3.8, 4) is 0 Å². The number of benzene rings is 2. The van der Waals surface area contributed by atoms with E-state index in [2.05, 4.69) is 0 Å². The van der Waals surface area contributed by atoms with E-state index >= 15 is 0 Å². The van der Waals surface area contributed by atoms with Gasteiger partial charge >= 0.3 is 5.97 Å². The van der Waals surface area contributed by atoms with Crippen LogP contribution in [0.15, 0.2) is 71.3 Å². The van der Waals surface area contributed by atoms with Gasteiger partial charge in [0, 0.05) is 11.5 Å². The van der Waals surface area contributed by atoms with Crippen LogP contribution in [0.25, 0.3) is 0 Å². The monoisotopic (exact) mass is 353 g/mol. The molecule has 0 bridgehead atoms. The van der Waals surface area contributed by atoms with Crippen molar-refractivity contribution in [3.05, 3.63) is 82.4 Å². The van der Waals surface area contributed by atoms with Crippen molar-refractivity contribution in [1.82, 2.24) is 0 Å². The fourth-order valence-electron chi connectivity index (χ4n) is 2.98. The van der Waals surface area contributed by atoms with E-state index < -0.39 is 17.1 Å². The fraction of sp³-hybridized carbons (Fsp3) is 0.200. The molecule has 0 aromatic heterocycles. The normalized spacial score (nSPS) is 19.7. The summed E-state index contributed by atoms with van der Waals surface area (Å²) in [6.07, 6.45) is 0. The number of rotatable bonds is 5. The highest BCUT2D eigenvalue weighted by molar-refractivity contribution is 8.04. The molecule has 0 spiro atoms. The van der Waals surface area contributed by atoms with Crippen molar-refractivity contribution in [2.45, 2.75) is 18.1 Å². The molecule has 5 heteroatoms. The van der Waals surface area contributed by atoms with E-state index in [1.54, 1.807) is 19.1 Å². The number of nitrogens with two attached hydrogens (primary N) is 1. The lowest BCUT2D eigenvalue weighted by molar-refractivity contribution is -0.138. The highest BCUT2D eigenvalue weighted by Crippen LogP contribution is 2.47. The average Bonchev–Trinajstić information content (AvgIpc) is 3.00. The van der Waals surface area contributed by atoms with Crippen LogP contribution in [0.2, 0.25) is 0 Å². The molecule has 0 unspecified atom stereocenters. The van der Waals surface area contributed by atoms with Gasteiger partial charge in [0.1, 0.15) is 0 Å². The molecular formula is C20H19NO3S. The van der Waals surface area contributed by atoms with E-state index in [9.17, 15) is 9.59 Å². The zero-order chi connectivity index (χ0) is 17.8. The second-order valence-electron chi connectivity index (χ2n) is 5.66. The third-order valence-corrected chi connectivity index (χ3v) is 5.32. The van der Waals surface area contributed by atoms with Crippen LogP contribution in [0, 0.1) is 0 Å². The Balaban J connectivity index is 2.02. The summed E-state index contributed by atoms with van der Waals surface area (Å²) in [6, 6.07) is 18.6. The van der Waals surface area contributed by atoms with E-state index in [-0.39, 0.29) is 12.4 Å². The Morgan fingerprint density at radius 1 is 1.04 bits per heavy atom. The minimum absolute atomic E-state index is 0.0401. The molecule has 0 aliphatic carbocycles. The average molecular weight is 353 g/mol. The van der Waals surface area contributed by atoms with Gasteiger partial charge in [0.25, 0.3) is 0 Å². The van der Waals surface area contributed by atoms with Crippen LogP contribution < -0.4 is 5.73 Å². The van der Waals surface area contributed by atoms with Crippen molar-refractivity contribution in [3.63, 3.8) is 0 Å². The van der Waals surface area contributed by atoms with Crippen LogP contribution in [-0.2, 0) is 9.53 Å². The van der Waals surface area contributed by atoms with E-state index in [4.69, 9.17) is 10.5 Å². The molecule has 2 N–H and O–H groups in total. The lowest BCUT2D eigenvalue weighted by Crippen LogP contribution is -2.26. The molecule has 1 aliphatic rings. The molecule has 1 aliphatic heterocycles. The van der Waals surface area contributed by atoms with Crippen LogP contribution in [0.5, 0.6) is 0 Å². The number of ketones is 1. The summed E-state index contributed by atoms with van der Waals surface area (Å²) in [4.78, 5) is 25.5. The Labute approximate surface area is 151 Å². The molecule has 128 valence electrons. The second-order valence-corrected chi connectivity index (χ2v) is 6.84. The number of Topliss-reactive ketones (excluding diaryl/α,β-unsaturated/α-hetero) is 1. The van der Waals surface area contributed by atoms with Crippen LogP contribution in [0.3, 0.4) is 0 Å². The van der Waals surface area contributed by atoms with Crippen molar-refractivity contribution >= 4 is 23.5 Å². The molecular weight excluding hydrogens is 334 g/mol. The molecule has 2 aromatic rings. The minimum atomic E-state index is -0.482. The van der Waals surface area contributed by atoms with Crippen LogP contribution >= 0.6 is 11.8 Å². The summed E-state index contributed by atoms with van der Waals surface area (Å²) in [7, 11) is 0. The van der Waals surface area contributed by atoms with Crippen molar-refractivity contribution in [1.29, 1.82) is 0 Å². The Morgan fingerprint density at radius 2 is 1.64 bits per heavy atom. The molecule has 0 radical (unpaired) electrons. The van der Waals surface area contributed by atoms with E-state index in [1.165, 1.54) is 11.8 Å². The summed E-state index contributed by atoms with van der Waals surface area (Å²) in [5, 5.41) is -0.120. The van der Waals surface area contributed by atoms with Crippen LogP contribution in [0.4, 0.5) is 0 Å². The Bertz CT molecular complexity index is 802. The quantitative estimate of drug-likeness (QED) is 0.658. The fourth-order valence-corrected chi connectivity index (χ4v) is 4.27. The zero-order valence-electron chi connectivity index (χ0n) is 13.8. The van der Waals surface area contributed by atoms with Gasteiger partial charge in [0.05, 0.1) is 22.5 Å². The maximum absolute atomic E-state index is 13.0. The van der Waals surface area contributed by atoms with Crippen molar-refractivity contribution < 1.29 is 14.3 Å². The highest BCUT2D eigenvalue weighted by Gasteiger charge is 2.43. The molecule has 0 saturated heterocycles. The Hall–Kier alpha value is -2.53. The third-order valence-electron chi connectivity index (χ3n) is 4.10. The van der Waals surface area contributed by atoms with Gasteiger partial charge in [0.15, 0.2) is 5.78 Å². The van der Waals surface area contributed by atoms with Gasteiger partial charge in [-0.3, -0.25) is 4.79 Å². The molecule has 4 nitrogen and oxygen atoms in total. The minimum Gasteiger partial charge on any atom is -0.463 e. The maximum atomic E-state index is 13.0. The molecule has 2 atom stereocenters. The van der Waals surface area contributed by atoms with E-state index in [0.29, 0.717) is 16.2 Å². The summed E-state index contributed by atoms with van der Waals surface area (Å²) < 4.78 is 5.18. The first kappa shape index (κ1) is 17.3. The third kappa shape index (κ3) is 3.46. The van der Waals surface area contributed by atoms with Gasteiger partial charge in [-0.2, -0.15) is 0 Å². The molecule has 1 heterocycles. The first-order valence-electron chi connectivity index (χ1n) is 8.11. The summed E-state index contributed by atoms with van der Waals surface area (Å²) in [5.74, 6) is -0.913. The summed E-state index contributed by atoms with van der Waals surface area (Å²) in [5.41, 5.74) is 8.01. The van der Waals surface area contributed by atoms with Gasteiger partial charge in [-0.1, -0.05) is 72.4 Å². The number of hydrogen-bond acceptors (Lipinski definition) is 5. The molecule has 3 rings (SSSR count). The number of hydrogen-bond donors (Lipinski definition) is 1. The smallest absolute Gasteiger partial charge is 0.337 e. The first-order valence-corrected chi connectivity index (χ1v) is 8.99. The SMILES string of the molecule is CCOC(=O)C1=C(N)S[C@H](C(=O)c2ccccc2)[C@H]1c1ccccc1. The van der Waals surface area contributed by atoms with Crippen LogP contribution in [-0.4, -0.2) is 23.6 Å². The van der Waals surface area contributed by atoms with Gasteiger partial charge in [-0.25, -0.2) is 4.79 Å². The second kappa shape index (κ2) is 7.57. The molecule has 25 heavy (non-hydrogen) atoms. The Morgan fingerprint density at radius 3 is 2.24 bits per heavy atom. The molecule has 0 amide bonds. The molecule has 0 saturated carbocycles. The largest absolute Gasteiger partial charge is 0.463 e. The topological polar surface area (TPSA) is 69.4 Å². The van der Waals surface area contributed by atoms with Gasteiger partial charge in [-0.05, 0) is 12.5 Å². The first-order chi connectivity index (χ1) is 12.1. The number of ether oxygens (including phenoxy) is 1. The number of thioether (sulfide) groups is 1. The predicted molar refractivity (Wildman–Crippen MR) is 99.2 cm³/mol. The predicted octanol–water partition coefficient (Wildman–Crippen LogP) is 3.50. The lowest BCUT2D eigenvalue weighted by Gasteiger charge is -2.20. The van der Waals surface area contributed by atoms with Crippen LogP contribution in [0.1, 0.15) is 28.8 Å². The van der Waals surface area contributed by atoms with E-state index in [0.717, 1.165) is 5.56 Å². The number of carbonyl (C=O) groups is 2. The Kier molecular flexibility index (Phi) is 5.24. The highest BCUT2D eigenvalue weighted by atomic mass is 32.2. The van der Waals surface area contributed by atoms with E-state index in [1.807, 2.05) is 48.5 Å². The summed E-state index contributed by atoms with van der Waals surface area (Å²) >= 11 is 1.24. The zero-order valence-corrected chi connectivity index (χ0v) is 14.7. The number of esters is 1. The van der Waals surface area contributed by atoms with Gasteiger partial charge < -0.3 is 10.5 Å². The molecule has 0 fully saturated rings. The summed E-state index contributed by atoms with van der Waals surface area (Å²) in [6.45, 7) is 2.01. The standard InChI is InChI=1S/C20H19NO3S/c1-2-24-20(23)16-15(13-9-5-3-6-10-13)18(25-19(16)21)17(22)14-11-7-4-8-12-14/h3-12,15,18H,2,21H2,1H3/t15-,18-/m0/s1. The number of carbonyl (C=O) groups excluding carboxylic acids is 2.